The lowest BCUT2D eigenvalue weighted by atomic mass is 9.84. The standard InChI is InChI=1S/C18H32N2O.ClH/c19-17-10-4-8-15(17)13-18(21)20-11-5-9-16(20)12-14-6-2-1-3-7-14;/h14-17H,1-13,19H2;1H/t15-,16?,17+;/m0./s1. The maximum absolute atomic E-state index is 12.7. The maximum Gasteiger partial charge on any atom is 0.223 e. The van der Waals surface area contributed by atoms with Crippen molar-refractivity contribution < 1.29 is 4.79 Å². The number of hydrogen-bond acceptors (Lipinski definition) is 2. The van der Waals surface area contributed by atoms with Gasteiger partial charge in [-0.15, -0.1) is 12.4 Å². The Morgan fingerprint density at radius 1 is 0.955 bits per heavy atom. The van der Waals surface area contributed by atoms with Crippen LogP contribution in [0.2, 0.25) is 0 Å². The van der Waals surface area contributed by atoms with Crippen LogP contribution < -0.4 is 5.73 Å². The Morgan fingerprint density at radius 3 is 2.41 bits per heavy atom. The van der Waals surface area contributed by atoms with Crippen molar-refractivity contribution in [2.45, 2.75) is 89.1 Å². The molecule has 22 heavy (non-hydrogen) atoms. The van der Waals surface area contributed by atoms with Crippen LogP contribution in [0.5, 0.6) is 0 Å². The molecule has 0 aromatic rings. The summed E-state index contributed by atoms with van der Waals surface area (Å²) in [6.45, 7) is 0.998. The minimum atomic E-state index is 0. The smallest absolute Gasteiger partial charge is 0.223 e. The molecule has 4 heteroatoms. The van der Waals surface area contributed by atoms with Crippen LogP contribution in [0.1, 0.15) is 77.0 Å². The first-order chi connectivity index (χ1) is 10.2. The van der Waals surface area contributed by atoms with Crippen LogP contribution in [-0.2, 0) is 4.79 Å². The van der Waals surface area contributed by atoms with Gasteiger partial charge in [-0.1, -0.05) is 38.5 Å². The lowest BCUT2D eigenvalue weighted by molar-refractivity contribution is -0.133. The summed E-state index contributed by atoms with van der Waals surface area (Å²) < 4.78 is 0. The Balaban J connectivity index is 0.00000176. The van der Waals surface area contributed by atoms with Gasteiger partial charge in [0.15, 0.2) is 0 Å². The molecule has 2 aliphatic carbocycles. The molecule has 1 unspecified atom stereocenters. The van der Waals surface area contributed by atoms with Crippen LogP contribution in [0.15, 0.2) is 0 Å². The summed E-state index contributed by atoms with van der Waals surface area (Å²) >= 11 is 0. The molecule has 0 spiro atoms. The van der Waals surface area contributed by atoms with Gasteiger partial charge in [-0.2, -0.15) is 0 Å². The molecule has 1 aliphatic heterocycles. The first-order valence-corrected chi connectivity index (χ1v) is 9.29. The number of carbonyl (C=O) groups is 1. The molecule has 3 fully saturated rings. The topological polar surface area (TPSA) is 46.3 Å². The van der Waals surface area contributed by atoms with Crippen LogP contribution in [-0.4, -0.2) is 29.4 Å². The van der Waals surface area contributed by atoms with E-state index in [0.29, 0.717) is 24.3 Å². The predicted molar refractivity (Wildman–Crippen MR) is 93.1 cm³/mol. The van der Waals surface area contributed by atoms with Crippen LogP contribution in [0, 0.1) is 11.8 Å². The van der Waals surface area contributed by atoms with Crippen molar-refractivity contribution in [2.75, 3.05) is 6.54 Å². The summed E-state index contributed by atoms with van der Waals surface area (Å²) in [6, 6.07) is 0.812. The number of hydrogen-bond donors (Lipinski definition) is 1. The van der Waals surface area contributed by atoms with E-state index in [2.05, 4.69) is 4.90 Å². The molecular formula is C18H33ClN2O. The van der Waals surface area contributed by atoms with Crippen molar-refractivity contribution in [2.24, 2.45) is 17.6 Å². The molecule has 1 saturated heterocycles. The van der Waals surface area contributed by atoms with E-state index in [-0.39, 0.29) is 18.4 Å². The highest BCUT2D eigenvalue weighted by Gasteiger charge is 2.34. The average Bonchev–Trinajstić information content (AvgIpc) is 3.10. The fourth-order valence-corrected chi connectivity index (χ4v) is 4.88. The van der Waals surface area contributed by atoms with Crippen molar-refractivity contribution in [3.05, 3.63) is 0 Å². The second kappa shape index (κ2) is 8.54. The van der Waals surface area contributed by atoms with Gasteiger partial charge in [-0.3, -0.25) is 4.79 Å². The van der Waals surface area contributed by atoms with E-state index in [0.717, 1.165) is 25.3 Å². The minimum Gasteiger partial charge on any atom is -0.340 e. The molecule has 128 valence electrons. The number of amides is 1. The number of halogens is 1. The molecule has 2 N–H and O–H groups in total. The van der Waals surface area contributed by atoms with E-state index in [4.69, 9.17) is 5.73 Å². The molecular weight excluding hydrogens is 296 g/mol. The van der Waals surface area contributed by atoms with E-state index < -0.39 is 0 Å². The molecule has 3 rings (SSSR count). The summed E-state index contributed by atoms with van der Waals surface area (Å²) in [4.78, 5) is 14.9. The van der Waals surface area contributed by atoms with Crippen molar-refractivity contribution in [1.29, 1.82) is 0 Å². The fourth-order valence-electron chi connectivity index (χ4n) is 4.88. The first kappa shape index (κ1) is 18.1. The zero-order valence-electron chi connectivity index (χ0n) is 13.8. The van der Waals surface area contributed by atoms with Crippen molar-refractivity contribution in [3.63, 3.8) is 0 Å². The lowest BCUT2D eigenvalue weighted by Gasteiger charge is -2.31. The lowest BCUT2D eigenvalue weighted by Crippen LogP contribution is -2.39. The van der Waals surface area contributed by atoms with Crippen LogP contribution in [0.3, 0.4) is 0 Å². The summed E-state index contributed by atoms with van der Waals surface area (Å²) in [5.41, 5.74) is 6.14. The molecule has 0 aromatic carbocycles. The summed E-state index contributed by atoms with van der Waals surface area (Å²) in [5, 5.41) is 0. The number of nitrogens with zero attached hydrogens (tertiary/aromatic N) is 1. The summed E-state index contributed by atoms with van der Waals surface area (Å²) in [5.74, 6) is 1.73. The quantitative estimate of drug-likeness (QED) is 0.851. The fraction of sp³-hybridized carbons (Fsp3) is 0.944. The second-order valence-electron chi connectivity index (χ2n) is 7.68. The molecule has 1 heterocycles. The van der Waals surface area contributed by atoms with Gasteiger partial charge in [-0.25, -0.2) is 0 Å². The Morgan fingerprint density at radius 2 is 1.73 bits per heavy atom. The normalized spacial score (nSPS) is 33.0. The molecule has 0 aromatic heterocycles. The minimum absolute atomic E-state index is 0. The van der Waals surface area contributed by atoms with E-state index in [1.165, 1.54) is 57.8 Å². The molecule has 3 nitrogen and oxygen atoms in total. The van der Waals surface area contributed by atoms with Gasteiger partial charge in [0, 0.05) is 25.0 Å². The van der Waals surface area contributed by atoms with Gasteiger partial charge in [0.25, 0.3) is 0 Å². The van der Waals surface area contributed by atoms with Gasteiger partial charge in [0.05, 0.1) is 0 Å². The van der Waals surface area contributed by atoms with Gasteiger partial charge in [-0.05, 0) is 43.9 Å². The zero-order chi connectivity index (χ0) is 14.7. The first-order valence-electron chi connectivity index (χ1n) is 9.29. The third kappa shape index (κ3) is 4.38. The molecule has 0 bridgehead atoms. The molecule has 1 amide bonds. The third-order valence-corrected chi connectivity index (χ3v) is 6.18. The van der Waals surface area contributed by atoms with Crippen molar-refractivity contribution >= 4 is 18.3 Å². The summed E-state index contributed by atoms with van der Waals surface area (Å²) in [7, 11) is 0. The van der Waals surface area contributed by atoms with E-state index in [1.807, 2.05) is 0 Å². The van der Waals surface area contributed by atoms with Crippen molar-refractivity contribution in [1.82, 2.24) is 4.90 Å². The number of likely N-dealkylation sites (tertiary alicyclic amines) is 1. The zero-order valence-corrected chi connectivity index (χ0v) is 14.7. The number of nitrogens with two attached hydrogens (primary N) is 1. The van der Waals surface area contributed by atoms with Gasteiger partial charge in [0.1, 0.15) is 0 Å². The van der Waals surface area contributed by atoms with Gasteiger partial charge in [0.2, 0.25) is 5.91 Å². The Labute approximate surface area is 141 Å². The second-order valence-corrected chi connectivity index (χ2v) is 7.68. The third-order valence-electron chi connectivity index (χ3n) is 6.18. The average molecular weight is 329 g/mol. The van der Waals surface area contributed by atoms with Crippen LogP contribution >= 0.6 is 12.4 Å². The SMILES string of the molecule is Cl.N[C@@H]1CCC[C@H]1CC(=O)N1CCCC1CC1CCCCC1. The van der Waals surface area contributed by atoms with E-state index in [1.54, 1.807) is 0 Å². The molecule has 3 aliphatic rings. The summed E-state index contributed by atoms with van der Waals surface area (Å²) in [6.07, 6.45) is 14.9. The molecule has 3 atom stereocenters. The van der Waals surface area contributed by atoms with E-state index in [9.17, 15) is 4.79 Å². The predicted octanol–water partition coefficient (Wildman–Crippen LogP) is 3.89. The van der Waals surface area contributed by atoms with E-state index >= 15 is 0 Å². The van der Waals surface area contributed by atoms with Crippen molar-refractivity contribution in [3.8, 4) is 0 Å². The van der Waals surface area contributed by atoms with Gasteiger partial charge < -0.3 is 10.6 Å². The highest BCUT2D eigenvalue weighted by Crippen LogP contribution is 2.33. The number of rotatable bonds is 4. The van der Waals surface area contributed by atoms with Crippen LogP contribution in [0.25, 0.3) is 0 Å². The Hall–Kier alpha value is -0.280. The Bertz CT molecular complexity index is 357. The van der Waals surface area contributed by atoms with Crippen LogP contribution in [0.4, 0.5) is 0 Å². The largest absolute Gasteiger partial charge is 0.340 e. The molecule has 2 saturated carbocycles. The van der Waals surface area contributed by atoms with Gasteiger partial charge >= 0.3 is 0 Å². The number of carbonyl (C=O) groups excluding carboxylic acids is 1. The highest BCUT2D eigenvalue weighted by molar-refractivity contribution is 5.85. The Kier molecular flexibility index (Phi) is 7.01. The monoisotopic (exact) mass is 328 g/mol. The maximum atomic E-state index is 12.7. The highest BCUT2D eigenvalue weighted by atomic mass is 35.5. The molecule has 0 radical (unpaired) electrons.